The second-order valence-electron chi connectivity index (χ2n) is 16.6. The largest absolute Gasteiger partial charge is 0.416 e. The van der Waals surface area contributed by atoms with Crippen molar-refractivity contribution in [2.75, 3.05) is 37.6 Å². The molecule has 20 nitrogen and oxygen atoms in total. The van der Waals surface area contributed by atoms with Gasteiger partial charge in [-0.05, 0) is 41.5 Å². The minimum atomic E-state index is -4.62. The number of hydrogen-bond acceptors (Lipinski definition) is 19. The van der Waals surface area contributed by atoms with E-state index in [4.69, 9.17) is 40.0 Å². The number of aliphatic hydroxyl groups is 2. The summed E-state index contributed by atoms with van der Waals surface area (Å²) in [6.45, 7) is -0.0763. The number of amides is 2. The van der Waals surface area contributed by atoms with Crippen LogP contribution < -0.4 is 4.90 Å². The van der Waals surface area contributed by atoms with E-state index < -0.39 is 133 Å². The van der Waals surface area contributed by atoms with Crippen molar-refractivity contribution in [3.05, 3.63) is 101 Å². The molecule has 2 N–H and O–H groups in total. The summed E-state index contributed by atoms with van der Waals surface area (Å²) >= 11 is 6.25. The lowest BCUT2D eigenvalue weighted by atomic mass is 9.93. The first-order valence-electron chi connectivity index (χ1n) is 20.5. The van der Waals surface area contributed by atoms with Crippen LogP contribution >= 0.6 is 11.6 Å². The van der Waals surface area contributed by atoms with Gasteiger partial charge in [0.15, 0.2) is 11.2 Å². The summed E-state index contributed by atoms with van der Waals surface area (Å²) in [6, 6.07) is 15.5. The summed E-state index contributed by atoms with van der Waals surface area (Å²) < 4.78 is 75.1. The number of anilines is 1. The number of hydrogen-bond donors (Lipinski definition) is 2. The van der Waals surface area contributed by atoms with Crippen LogP contribution in [0.4, 0.5) is 18.9 Å². The van der Waals surface area contributed by atoms with Gasteiger partial charge in [0.2, 0.25) is 0 Å². The van der Waals surface area contributed by atoms with Crippen LogP contribution in [-0.4, -0.2) is 134 Å². The summed E-state index contributed by atoms with van der Waals surface area (Å²) in [6.07, 6.45) is -11.2. The van der Waals surface area contributed by atoms with E-state index in [1.165, 1.54) is 60.7 Å². The predicted octanol–water partition coefficient (Wildman–Crippen LogP) is 1.63. The number of fused-ring (bicyclic) bond motifs is 7. The highest BCUT2D eigenvalue weighted by Crippen LogP contribution is 2.53. The van der Waals surface area contributed by atoms with Crippen molar-refractivity contribution in [1.82, 2.24) is 14.7 Å². The topological polar surface area (TPSA) is 245 Å². The molecule has 3 aromatic carbocycles. The quantitative estimate of drug-likeness (QED) is 0.194. The van der Waals surface area contributed by atoms with Gasteiger partial charge in [0.25, 0.3) is 0 Å². The molecule has 6 unspecified atom stereocenters. The fourth-order valence-electron chi connectivity index (χ4n) is 8.96. The summed E-state index contributed by atoms with van der Waals surface area (Å²) in [5, 5.41) is 23.5. The van der Waals surface area contributed by atoms with Gasteiger partial charge in [0.05, 0.1) is 43.7 Å². The Hall–Kier alpha value is -6.66. The standard InChI is InChI=1S/C43H36ClF3N4O16/c44-27-11-9-25(10-12-27)33(24-5-2-1-3-6-24)51-42-34(56)50(35(57)43(51)65-32(55)23-39(61,37(59)67-43)22-31(54)64-42)40(62-29(52)20-38(60,36(58)66-40)21-30(53)63-42)13-14-48-15-17-49(18-16-48)28-8-4-7-26(19-28)41(45,46)47/h1-12,19,33,60-61H,13-18,20-23H2. The number of piperazine rings is 2. The normalized spacial score (nSPS) is 30.9. The fraction of sp³-hybridized carbons (Fsp3) is 0.395. The number of benzene rings is 3. The minimum absolute atomic E-state index is 0.00709. The Balaban J connectivity index is 1.23. The number of halogens is 4. The first-order valence-corrected chi connectivity index (χ1v) is 20.9. The third kappa shape index (κ3) is 7.68. The van der Waals surface area contributed by atoms with Crippen LogP contribution in [0.25, 0.3) is 0 Å². The van der Waals surface area contributed by atoms with E-state index in [-0.39, 0.29) is 52.9 Å². The molecule has 6 atom stereocenters. The van der Waals surface area contributed by atoms with Gasteiger partial charge in [-0.2, -0.15) is 18.1 Å². The molecular formula is C43H36ClF3N4O16. The van der Waals surface area contributed by atoms with Gasteiger partial charge in [-0.15, -0.1) is 4.90 Å². The summed E-state index contributed by atoms with van der Waals surface area (Å²) in [4.78, 5) is 120. The van der Waals surface area contributed by atoms with Gasteiger partial charge < -0.3 is 43.5 Å². The Morgan fingerprint density at radius 3 is 1.67 bits per heavy atom. The molecule has 6 saturated heterocycles. The monoisotopic (exact) mass is 956 g/mol. The minimum Gasteiger partial charge on any atom is -0.403 e. The second kappa shape index (κ2) is 16.0. The van der Waals surface area contributed by atoms with Gasteiger partial charge in [-0.3, -0.25) is 33.7 Å². The average Bonchev–Trinajstić information content (AvgIpc) is 3.41. The Morgan fingerprint density at radius 2 is 1.12 bits per heavy atom. The van der Waals surface area contributed by atoms with Crippen molar-refractivity contribution in [3.63, 3.8) is 0 Å². The number of imide groups is 1. The number of esters is 6. The number of nitrogens with zero attached hydrogens (tertiary/aromatic N) is 4. The summed E-state index contributed by atoms with van der Waals surface area (Å²) in [5.74, 6) is -25.3. The molecule has 6 aliphatic rings. The fourth-order valence-corrected chi connectivity index (χ4v) is 9.08. The van der Waals surface area contributed by atoms with Crippen LogP contribution in [-0.2, 0) is 73.0 Å². The molecule has 9 rings (SSSR count). The van der Waals surface area contributed by atoms with Crippen molar-refractivity contribution >= 4 is 64.9 Å². The maximum Gasteiger partial charge on any atom is 0.416 e. The van der Waals surface area contributed by atoms with Crippen molar-refractivity contribution in [3.8, 4) is 0 Å². The van der Waals surface area contributed by atoms with Crippen molar-refractivity contribution in [1.29, 1.82) is 0 Å². The number of alkyl halides is 3. The molecular weight excluding hydrogens is 921 g/mol. The molecule has 352 valence electrons. The van der Waals surface area contributed by atoms with Crippen LogP contribution in [0.5, 0.6) is 0 Å². The van der Waals surface area contributed by atoms with Gasteiger partial charge >= 0.3 is 71.5 Å². The van der Waals surface area contributed by atoms with Crippen LogP contribution in [0, 0.1) is 0 Å². The zero-order valence-electron chi connectivity index (χ0n) is 34.6. The summed E-state index contributed by atoms with van der Waals surface area (Å²) in [5.41, 5.74) is -6.89. The molecule has 6 fully saturated rings. The van der Waals surface area contributed by atoms with E-state index in [0.29, 0.717) is 4.90 Å². The first-order chi connectivity index (χ1) is 31.6. The number of carbonyl (C=O) groups is 8. The lowest BCUT2D eigenvalue weighted by molar-refractivity contribution is -0.394. The average molecular weight is 957 g/mol. The number of rotatable bonds is 7. The Bertz CT molecular complexity index is 2620. The molecule has 67 heavy (non-hydrogen) atoms. The summed E-state index contributed by atoms with van der Waals surface area (Å²) in [7, 11) is 0. The third-order valence-electron chi connectivity index (χ3n) is 12.2. The molecule has 2 amide bonds. The highest BCUT2D eigenvalue weighted by atomic mass is 35.5. The maximum absolute atomic E-state index is 15.8. The smallest absolute Gasteiger partial charge is 0.403 e. The molecule has 0 saturated carbocycles. The number of carbonyl (C=O) groups excluding carboxylic acids is 8. The Morgan fingerprint density at radius 1 is 0.612 bits per heavy atom. The van der Waals surface area contributed by atoms with E-state index in [1.54, 1.807) is 15.9 Å². The molecule has 0 aromatic heterocycles. The van der Waals surface area contributed by atoms with Crippen LogP contribution in [0.2, 0.25) is 5.02 Å². The van der Waals surface area contributed by atoms with Crippen LogP contribution in [0.3, 0.4) is 0 Å². The third-order valence-corrected chi connectivity index (χ3v) is 12.4. The van der Waals surface area contributed by atoms with E-state index in [2.05, 4.69) is 0 Å². The van der Waals surface area contributed by atoms with Gasteiger partial charge in [0, 0.05) is 43.4 Å². The lowest BCUT2D eigenvalue weighted by Gasteiger charge is -2.56. The van der Waals surface area contributed by atoms with Gasteiger partial charge in [-0.25, -0.2) is 9.59 Å². The molecule has 3 aromatic rings. The van der Waals surface area contributed by atoms with Crippen LogP contribution in [0.1, 0.15) is 54.8 Å². The molecule has 0 radical (unpaired) electrons. The zero-order valence-corrected chi connectivity index (χ0v) is 35.3. The SMILES string of the molecule is O=C1CC2(O)CC(=O)OC34OC(=O)CC5(O)CC(=O)OC(OC5=O)(C(=O)N(C3=O)C(CCN3CCN(c5cccc(C(F)(F)F)c5)CC3)(O1)OC2=O)N4C(c1ccccc1)c1ccc(Cl)cc1. The molecule has 6 aliphatic heterocycles. The molecule has 24 heteroatoms. The zero-order chi connectivity index (χ0) is 47.9. The van der Waals surface area contributed by atoms with E-state index in [9.17, 15) is 52.2 Å². The molecule has 0 aliphatic carbocycles. The predicted molar refractivity (Wildman–Crippen MR) is 211 cm³/mol. The van der Waals surface area contributed by atoms with E-state index in [0.717, 1.165) is 12.1 Å². The van der Waals surface area contributed by atoms with Crippen molar-refractivity contribution < 1.29 is 90.2 Å². The van der Waals surface area contributed by atoms with Crippen LogP contribution in [0.15, 0.2) is 78.9 Å². The number of ether oxygens (including phenoxy) is 6. The van der Waals surface area contributed by atoms with Crippen molar-refractivity contribution in [2.24, 2.45) is 0 Å². The first kappa shape index (κ1) is 45.5. The lowest BCUT2D eigenvalue weighted by Crippen LogP contribution is -2.84. The second-order valence-corrected chi connectivity index (χ2v) is 17.1. The highest BCUT2D eigenvalue weighted by Gasteiger charge is 2.82. The Labute approximate surface area is 380 Å². The van der Waals surface area contributed by atoms with Gasteiger partial charge in [-0.1, -0.05) is 60.1 Å². The maximum atomic E-state index is 15.8. The van der Waals surface area contributed by atoms with Gasteiger partial charge in [0.1, 0.15) is 0 Å². The Kier molecular flexibility index (Phi) is 10.9. The molecule has 2 spiro atoms. The molecule has 6 bridgehead atoms. The van der Waals surface area contributed by atoms with Crippen molar-refractivity contribution in [2.45, 2.75) is 73.3 Å². The van der Waals surface area contributed by atoms with E-state index in [1.807, 2.05) is 0 Å². The molecule has 6 heterocycles. The highest BCUT2D eigenvalue weighted by molar-refractivity contribution is 6.30. The van der Waals surface area contributed by atoms with E-state index >= 15 is 9.59 Å².